The van der Waals surface area contributed by atoms with Gasteiger partial charge in [0.2, 0.25) is 0 Å². The number of rotatable bonds is 16. The fraction of sp³-hybridized carbons (Fsp3) is 0.818. The lowest BCUT2D eigenvalue weighted by atomic mass is 9.90. The van der Waals surface area contributed by atoms with Gasteiger partial charge >= 0.3 is 5.97 Å². The molecule has 0 N–H and O–H groups in total. The number of unbranched alkanes of at least 4 members (excludes halogenated alkanes) is 3. The minimum absolute atomic E-state index is 0.0398. The normalized spacial score (nSPS) is 22.0. The monoisotopic (exact) mass is 594 g/mol. The molecule has 0 amide bonds. The predicted molar refractivity (Wildman–Crippen MR) is 174 cm³/mol. The maximum absolute atomic E-state index is 13.4. The van der Waals surface area contributed by atoms with Gasteiger partial charge in [0.1, 0.15) is 5.78 Å². The molecular weight excluding hydrogens is 533 g/mol. The van der Waals surface area contributed by atoms with Crippen molar-refractivity contribution in [2.75, 3.05) is 7.11 Å². The fourth-order valence-corrected chi connectivity index (χ4v) is 7.26. The van der Waals surface area contributed by atoms with Crippen LogP contribution < -0.4 is 0 Å². The average molecular weight is 595 g/mol. The number of carbonyl (C=O) groups is 2. The average Bonchev–Trinajstić information content (AvgIpc) is 3.10. The van der Waals surface area contributed by atoms with Crippen LogP contribution in [-0.2, 0) is 23.2 Å². The quantitative estimate of drug-likeness (QED) is 0.0771. The van der Waals surface area contributed by atoms with Gasteiger partial charge in [-0.1, -0.05) is 92.0 Å². The van der Waals surface area contributed by atoms with Gasteiger partial charge in [-0.05, 0) is 61.9 Å². The molecule has 232 valence electrons. The van der Waals surface area contributed by atoms with Crippen LogP contribution in [0, 0.1) is 11.8 Å². The molecule has 0 aromatic carbocycles. The van der Waals surface area contributed by atoms with Crippen molar-refractivity contribution in [3.8, 4) is 0 Å². The van der Waals surface area contributed by atoms with E-state index in [0.717, 1.165) is 25.7 Å². The highest BCUT2D eigenvalue weighted by Gasteiger charge is 2.47. The number of carbonyl (C=O) groups excluding carboxylic acids is 2. The molecule has 0 heterocycles. The molecule has 7 heteroatoms. The molecule has 0 saturated heterocycles. The largest absolute Gasteiger partial charge is 0.469 e. The first-order chi connectivity index (χ1) is 18.4. The topological polar surface area (TPSA) is 61.8 Å². The molecule has 1 aliphatic carbocycles. The van der Waals surface area contributed by atoms with Gasteiger partial charge in [0.05, 0.1) is 19.3 Å². The Bertz CT molecular complexity index is 848. The summed E-state index contributed by atoms with van der Waals surface area (Å²) in [4.78, 5) is 24.8. The second-order valence-corrected chi connectivity index (χ2v) is 24.3. The Balaban J connectivity index is 3.21. The minimum atomic E-state index is -2.05. The van der Waals surface area contributed by atoms with Gasteiger partial charge in [0.25, 0.3) is 0 Å². The third-order valence-corrected chi connectivity index (χ3v) is 18.4. The van der Waals surface area contributed by atoms with E-state index < -0.39 is 16.6 Å². The first-order valence-corrected chi connectivity index (χ1v) is 21.5. The van der Waals surface area contributed by atoms with E-state index in [1.807, 2.05) is 0 Å². The molecule has 0 bridgehead atoms. The summed E-state index contributed by atoms with van der Waals surface area (Å²) < 4.78 is 18.5. The minimum Gasteiger partial charge on any atom is -0.469 e. The zero-order chi connectivity index (χ0) is 30.8. The second kappa shape index (κ2) is 16.0. The van der Waals surface area contributed by atoms with Crippen molar-refractivity contribution in [1.82, 2.24) is 0 Å². The van der Waals surface area contributed by atoms with Crippen LogP contribution in [0.15, 0.2) is 24.3 Å². The lowest BCUT2D eigenvalue weighted by Crippen LogP contribution is -2.45. The molecule has 0 unspecified atom stereocenters. The Labute approximate surface area is 249 Å². The smallest absolute Gasteiger partial charge is 0.305 e. The van der Waals surface area contributed by atoms with Crippen molar-refractivity contribution in [1.29, 1.82) is 0 Å². The van der Waals surface area contributed by atoms with E-state index in [9.17, 15) is 9.59 Å². The molecular formula is C33H62O5Si2. The number of allylic oxidation sites excluding steroid dienone is 2. The molecule has 0 radical (unpaired) electrons. The van der Waals surface area contributed by atoms with Crippen molar-refractivity contribution < 1.29 is 23.2 Å². The van der Waals surface area contributed by atoms with Crippen LogP contribution >= 0.6 is 0 Å². The van der Waals surface area contributed by atoms with E-state index in [1.165, 1.54) is 20.0 Å². The molecule has 1 rings (SSSR count). The summed E-state index contributed by atoms with van der Waals surface area (Å²) >= 11 is 0. The van der Waals surface area contributed by atoms with Crippen molar-refractivity contribution in [2.24, 2.45) is 11.8 Å². The van der Waals surface area contributed by atoms with Crippen molar-refractivity contribution >= 4 is 28.4 Å². The van der Waals surface area contributed by atoms with Gasteiger partial charge in [-0.15, -0.1) is 0 Å². The van der Waals surface area contributed by atoms with Gasteiger partial charge in [-0.2, -0.15) is 0 Å². The first kappa shape index (κ1) is 37.0. The maximum atomic E-state index is 13.4. The third-order valence-electron chi connectivity index (χ3n) is 9.39. The Morgan fingerprint density at radius 2 is 1.60 bits per heavy atom. The number of esters is 1. The Morgan fingerprint density at radius 1 is 0.975 bits per heavy atom. The Hall–Kier alpha value is -1.03. The predicted octanol–water partition coefficient (Wildman–Crippen LogP) is 9.40. The molecule has 5 nitrogen and oxygen atoms in total. The Morgan fingerprint density at radius 3 is 2.15 bits per heavy atom. The molecule has 4 atom stereocenters. The highest BCUT2D eigenvalue weighted by molar-refractivity contribution is 6.74. The van der Waals surface area contributed by atoms with Gasteiger partial charge < -0.3 is 13.6 Å². The molecule has 1 saturated carbocycles. The molecule has 0 aromatic heterocycles. The number of hydrogen-bond donors (Lipinski definition) is 0. The molecule has 0 spiro atoms. The Kier molecular flexibility index (Phi) is 14.8. The van der Waals surface area contributed by atoms with Crippen LogP contribution in [0.4, 0.5) is 0 Å². The third kappa shape index (κ3) is 11.7. The van der Waals surface area contributed by atoms with Crippen molar-refractivity contribution in [2.45, 2.75) is 155 Å². The molecule has 40 heavy (non-hydrogen) atoms. The van der Waals surface area contributed by atoms with Crippen LogP contribution in [0.2, 0.25) is 36.3 Å². The highest BCUT2D eigenvalue weighted by Crippen LogP contribution is 2.43. The number of ketones is 1. The van der Waals surface area contributed by atoms with E-state index in [1.54, 1.807) is 0 Å². The van der Waals surface area contributed by atoms with E-state index in [4.69, 9.17) is 13.6 Å². The van der Waals surface area contributed by atoms with Crippen LogP contribution in [0.5, 0.6) is 0 Å². The fourth-order valence-electron chi connectivity index (χ4n) is 4.61. The van der Waals surface area contributed by atoms with Crippen LogP contribution in [0.1, 0.15) is 106 Å². The molecule has 0 aromatic rings. The standard InChI is InChI=1S/C33H62O5Si2/c1-13-14-17-20-26(37-39(9,10)32(2,3)4)23-24-28-27(21-18-15-16-19-22-31(35)36-8)29(34)25-30(28)38-40(11,12)33(5,6)7/h15,18,23-24,26-28,30H,13-14,16-17,19-22,25H2,1-12H3/b18-15-,24-23+/t26-,27+,28-,30-/m0/s1. The number of Topliss-reactive ketones (excluding diaryl/α,β-unsaturated/α-hetero) is 1. The summed E-state index contributed by atoms with van der Waals surface area (Å²) in [6.07, 6.45) is 16.5. The SMILES string of the molecule is CCCCC[C@@H](/C=C/[C@@H]1[C@@H](O[Si](C)(C)C(C)(C)C)CC(=O)[C@@H]1C/C=C\CCCC(=O)OC)O[Si](C)(C)C(C)(C)C. The van der Waals surface area contributed by atoms with Gasteiger partial charge in [0.15, 0.2) is 16.6 Å². The summed E-state index contributed by atoms with van der Waals surface area (Å²) in [7, 11) is -2.58. The van der Waals surface area contributed by atoms with Gasteiger partial charge in [-0.3, -0.25) is 9.59 Å². The van der Waals surface area contributed by atoms with E-state index in [-0.39, 0.29) is 40.1 Å². The molecule has 1 fully saturated rings. The van der Waals surface area contributed by atoms with E-state index in [0.29, 0.717) is 25.0 Å². The number of methoxy groups -OCH3 is 1. The van der Waals surface area contributed by atoms with Crippen LogP contribution in [-0.4, -0.2) is 47.7 Å². The zero-order valence-electron chi connectivity index (χ0n) is 28.0. The van der Waals surface area contributed by atoms with E-state index in [2.05, 4.69) is 99.0 Å². The zero-order valence-corrected chi connectivity index (χ0v) is 30.0. The molecule has 1 aliphatic rings. The number of ether oxygens (including phenoxy) is 1. The highest BCUT2D eigenvalue weighted by atomic mass is 28.4. The summed E-state index contributed by atoms with van der Waals surface area (Å²) in [6, 6.07) is 0. The lowest BCUT2D eigenvalue weighted by Gasteiger charge is -2.40. The first-order valence-electron chi connectivity index (χ1n) is 15.6. The summed E-state index contributed by atoms with van der Waals surface area (Å²) in [5.74, 6) is 0.0686. The maximum Gasteiger partial charge on any atom is 0.305 e. The second-order valence-electron chi connectivity index (χ2n) is 14.7. The molecule has 0 aliphatic heterocycles. The van der Waals surface area contributed by atoms with Crippen LogP contribution in [0.25, 0.3) is 0 Å². The van der Waals surface area contributed by atoms with Crippen molar-refractivity contribution in [3.05, 3.63) is 24.3 Å². The summed E-state index contributed by atoms with van der Waals surface area (Å²) in [5, 5.41) is 0.221. The van der Waals surface area contributed by atoms with E-state index >= 15 is 0 Å². The van der Waals surface area contributed by atoms with Crippen LogP contribution in [0.3, 0.4) is 0 Å². The number of hydrogen-bond acceptors (Lipinski definition) is 5. The summed E-state index contributed by atoms with van der Waals surface area (Å²) in [5.41, 5.74) is 0. The van der Waals surface area contributed by atoms with Gasteiger partial charge in [-0.25, -0.2) is 0 Å². The summed E-state index contributed by atoms with van der Waals surface area (Å²) in [6.45, 7) is 25.1. The van der Waals surface area contributed by atoms with Crippen molar-refractivity contribution in [3.63, 3.8) is 0 Å². The van der Waals surface area contributed by atoms with Gasteiger partial charge in [0, 0.05) is 24.7 Å². The lowest BCUT2D eigenvalue weighted by molar-refractivity contribution is -0.140.